The number of anilines is 1. The Morgan fingerprint density at radius 1 is 1.60 bits per heavy atom. The van der Waals surface area contributed by atoms with Crippen LogP contribution in [-0.2, 0) is 14.8 Å². The van der Waals surface area contributed by atoms with Crippen LogP contribution in [0.2, 0.25) is 0 Å². The van der Waals surface area contributed by atoms with Crippen molar-refractivity contribution in [2.75, 3.05) is 25.5 Å². The summed E-state index contributed by atoms with van der Waals surface area (Å²) in [7, 11) is -3.67. The fourth-order valence-corrected chi connectivity index (χ4v) is 5.05. The number of hydrogen-bond donors (Lipinski definition) is 1. The van der Waals surface area contributed by atoms with Gasteiger partial charge in [-0.25, -0.2) is 13.4 Å². The number of aromatic nitrogens is 2. The molecule has 2 aromatic heterocycles. The van der Waals surface area contributed by atoms with Gasteiger partial charge in [0.2, 0.25) is 0 Å². The summed E-state index contributed by atoms with van der Waals surface area (Å²) in [4.78, 5) is 4.69. The number of fused-ring (bicyclic) bond motifs is 1. The van der Waals surface area contributed by atoms with Crippen LogP contribution >= 0.6 is 11.3 Å². The molecule has 3 rings (SSSR count). The van der Waals surface area contributed by atoms with Crippen molar-refractivity contribution in [2.24, 2.45) is 0 Å². The van der Waals surface area contributed by atoms with Crippen LogP contribution in [0.15, 0.2) is 16.6 Å². The van der Waals surface area contributed by atoms with Gasteiger partial charge in [0.25, 0.3) is 10.0 Å². The number of ether oxygens (including phenoxy) is 1. The molecule has 1 aliphatic heterocycles. The molecule has 0 bridgehead atoms. The van der Waals surface area contributed by atoms with Gasteiger partial charge in [0.05, 0.1) is 13.2 Å². The topological polar surface area (TPSA) is 89.9 Å². The second-order valence-electron chi connectivity index (χ2n) is 4.61. The van der Waals surface area contributed by atoms with Crippen LogP contribution in [0, 0.1) is 0 Å². The molecular weight excluding hydrogens is 300 g/mol. The highest BCUT2D eigenvalue weighted by Gasteiger charge is 2.36. The maximum atomic E-state index is 12.9. The quantitative estimate of drug-likeness (QED) is 0.903. The highest BCUT2D eigenvalue weighted by Crippen LogP contribution is 2.28. The maximum Gasteiger partial charge on any atom is 0.263 e. The van der Waals surface area contributed by atoms with Crippen molar-refractivity contribution in [3.63, 3.8) is 0 Å². The molecule has 1 saturated heterocycles. The molecular formula is C11H16N4O3S2. The molecule has 1 atom stereocenters. The Balaban J connectivity index is 2.11. The van der Waals surface area contributed by atoms with Crippen molar-refractivity contribution < 1.29 is 13.2 Å². The first-order valence-corrected chi connectivity index (χ1v) is 8.68. The number of morpholine rings is 1. The molecule has 0 aliphatic carbocycles. The Kier molecular flexibility index (Phi) is 3.44. The molecule has 20 heavy (non-hydrogen) atoms. The molecule has 1 unspecified atom stereocenters. The van der Waals surface area contributed by atoms with Gasteiger partial charge in [-0.2, -0.15) is 4.31 Å². The Bertz CT molecular complexity index is 721. The summed E-state index contributed by atoms with van der Waals surface area (Å²) < 4.78 is 34.1. The van der Waals surface area contributed by atoms with Crippen molar-refractivity contribution in [1.82, 2.24) is 13.7 Å². The number of sulfonamides is 1. The van der Waals surface area contributed by atoms with Gasteiger partial charge in [-0.3, -0.25) is 4.40 Å². The zero-order chi connectivity index (χ0) is 14.3. The normalized spacial score (nSPS) is 21.6. The van der Waals surface area contributed by atoms with Gasteiger partial charge in [-0.1, -0.05) is 6.92 Å². The number of rotatable bonds is 3. The highest BCUT2D eigenvalue weighted by atomic mass is 32.2. The zero-order valence-electron chi connectivity index (χ0n) is 11.0. The lowest BCUT2D eigenvalue weighted by Crippen LogP contribution is -2.48. The molecule has 1 aliphatic rings. The second-order valence-corrected chi connectivity index (χ2v) is 7.29. The van der Waals surface area contributed by atoms with E-state index in [4.69, 9.17) is 10.5 Å². The van der Waals surface area contributed by atoms with E-state index in [0.29, 0.717) is 31.1 Å². The van der Waals surface area contributed by atoms with E-state index in [1.165, 1.54) is 20.0 Å². The largest absolute Gasteiger partial charge is 0.381 e. The summed E-state index contributed by atoms with van der Waals surface area (Å²) in [6.45, 7) is 3.11. The Morgan fingerprint density at radius 2 is 2.40 bits per heavy atom. The van der Waals surface area contributed by atoms with Crippen molar-refractivity contribution in [1.29, 1.82) is 0 Å². The van der Waals surface area contributed by atoms with Gasteiger partial charge in [-0.05, 0) is 6.42 Å². The maximum absolute atomic E-state index is 12.9. The highest BCUT2D eigenvalue weighted by molar-refractivity contribution is 7.89. The second kappa shape index (κ2) is 4.99. The number of hydrogen-bond acceptors (Lipinski definition) is 6. The van der Waals surface area contributed by atoms with E-state index in [0.717, 1.165) is 0 Å². The average Bonchev–Trinajstić information content (AvgIpc) is 2.97. The molecule has 0 radical (unpaired) electrons. The van der Waals surface area contributed by atoms with Gasteiger partial charge in [0.15, 0.2) is 15.8 Å². The van der Waals surface area contributed by atoms with Gasteiger partial charge in [-0.15, -0.1) is 11.3 Å². The number of nitrogens with two attached hydrogens (primary N) is 1. The minimum absolute atomic E-state index is 0.0539. The van der Waals surface area contributed by atoms with E-state index in [1.54, 1.807) is 11.6 Å². The van der Waals surface area contributed by atoms with Crippen LogP contribution in [0.1, 0.15) is 13.3 Å². The molecule has 110 valence electrons. The molecule has 0 aromatic carbocycles. The lowest BCUT2D eigenvalue weighted by molar-refractivity contribution is 0.0313. The van der Waals surface area contributed by atoms with Crippen LogP contribution in [0.5, 0.6) is 0 Å². The van der Waals surface area contributed by atoms with Gasteiger partial charge in [0, 0.05) is 24.2 Å². The fraction of sp³-hybridized carbons (Fsp3) is 0.545. The lowest BCUT2D eigenvalue weighted by Gasteiger charge is -2.33. The molecule has 7 nitrogen and oxygen atoms in total. The van der Waals surface area contributed by atoms with Crippen molar-refractivity contribution in [3.8, 4) is 0 Å². The summed E-state index contributed by atoms with van der Waals surface area (Å²) in [5, 5.41) is 1.85. The van der Waals surface area contributed by atoms with E-state index in [-0.39, 0.29) is 16.9 Å². The first-order chi connectivity index (χ1) is 9.55. The van der Waals surface area contributed by atoms with Crippen molar-refractivity contribution >= 4 is 32.1 Å². The third-order valence-corrected chi connectivity index (χ3v) is 6.19. The Morgan fingerprint density at radius 3 is 3.15 bits per heavy atom. The minimum Gasteiger partial charge on any atom is -0.381 e. The minimum atomic E-state index is -3.67. The molecule has 2 N–H and O–H groups in total. The van der Waals surface area contributed by atoms with E-state index in [1.807, 2.05) is 6.92 Å². The summed E-state index contributed by atoms with van der Waals surface area (Å²) in [5.41, 5.74) is 5.82. The van der Waals surface area contributed by atoms with Crippen LogP contribution in [-0.4, -0.2) is 47.9 Å². The first kappa shape index (κ1) is 13.8. The average molecular weight is 316 g/mol. The molecule has 0 saturated carbocycles. The van der Waals surface area contributed by atoms with Crippen molar-refractivity contribution in [2.45, 2.75) is 24.4 Å². The standard InChI is InChI=1S/C11H16N4O3S2/c1-2-8-7-18-5-3-15(8)20(16,17)10-9(12)13-11-14(10)4-6-19-11/h4,6,8H,2-3,5,7,12H2,1H3. The molecule has 3 heterocycles. The third-order valence-electron chi connectivity index (χ3n) is 3.44. The number of nitrogens with zero attached hydrogens (tertiary/aromatic N) is 3. The van der Waals surface area contributed by atoms with E-state index in [9.17, 15) is 8.42 Å². The molecule has 9 heteroatoms. The Labute approximate surface area is 121 Å². The smallest absolute Gasteiger partial charge is 0.263 e. The summed E-state index contributed by atoms with van der Waals surface area (Å²) in [6, 6.07) is -0.155. The lowest BCUT2D eigenvalue weighted by atomic mass is 10.2. The van der Waals surface area contributed by atoms with Gasteiger partial charge < -0.3 is 10.5 Å². The predicted octanol–water partition coefficient (Wildman–Crippen LogP) is 0.777. The van der Waals surface area contributed by atoms with E-state index < -0.39 is 10.0 Å². The number of imidazole rings is 1. The molecule has 0 amide bonds. The van der Waals surface area contributed by atoms with Crippen LogP contribution < -0.4 is 5.73 Å². The fourth-order valence-electron chi connectivity index (χ4n) is 2.43. The molecule has 2 aromatic rings. The van der Waals surface area contributed by atoms with Crippen LogP contribution in [0.25, 0.3) is 4.96 Å². The van der Waals surface area contributed by atoms with Crippen LogP contribution in [0.3, 0.4) is 0 Å². The monoisotopic (exact) mass is 316 g/mol. The number of nitrogen functional groups attached to an aromatic ring is 1. The Hall–Kier alpha value is -1.16. The third kappa shape index (κ3) is 2.01. The van der Waals surface area contributed by atoms with E-state index in [2.05, 4.69) is 4.98 Å². The number of thiazole rings is 1. The van der Waals surface area contributed by atoms with Gasteiger partial charge >= 0.3 is 0 Å². The summed E-state index contributed by atoms with van der Waals surface area (Å²) in [5.74, 6) is 0.0539. The van der Waals surface area contributed by atoms with Gasteiger partial charge in [0.1, 0.15) is 0 Å². The zero-order valence-corrected chi connectivity index (χ0v) is 12.7. The molecule has 0 spiro atoms. The first-order valence-electron chi connectivity index (χ1n) is 6.36. The summed E-state index contributed by atoms with van der Waals surface area (Å²) >= 11 is 1.36. The van der Waals surface area contributed by atoms with E-state index >= 15 is 0 Å². The predicted molar refractivity (Wildman–Crippen MR) is 76.3 cm³/mol. The van der Waals surface area contributed by atoms with Crippen molar-refractivity contribution in [3.05, 3.63) is 11.6 Å². The molecule has 1 fully saturated rings. The summed E-state index contributed by atoms with van der Waals surface area (Å²) in [6.07, 6.45) is 2.38. The van der Waals surface area contributed by atoms with Crippen LogP contribution in [0.4, 0.5) is 5.82 Å². The SMILES string of the molecule is CCC1COCCN1S(=O)(=O)c1c(N)nc2sccn12.